The summed E-state index contributed by atoms with van der Waals surface area (Å²) in [4.78, 5) is 24.6. The van der Waals surface area contributed by atoms with Crippen LogP contribution >= 0.6 is 0 Å². The number of piperidine rings is 1. The first-order chi connectivity index (χ1) is 9.02. The molecule has 1 saturated heterocycles. The molecule has 19 heavy (non-hydrogen) atoms. The SMILES string of the molecule is CCOC(=O)N1C[C@H]2C=C[C@@H]1[C@](C#N)(OC(C)=O)C2. The minimum absolute atomic E-state index is 0.00778. The van der Waals surface area contributed by atoms with E-state index in [4.69, 9.17) is 9.47 Å². The van der Waals surface area contributed by atoms with Crippen LogP contribution in [-0.4, -0.2) is 41.8 Å². The van der Waals surface area contributed by atoms with Crippen LogP contribution in [0.1, 0.15) is 20.3 Å². The van der Waals surface area contributed by atoms with Crippen LogP contribution in [-0.2, 0) is 14.3 Å². The van der Waals surface area contributed by atoms with E-state index < -0.39 is 23.7 Å². The number of rotatable bonds is 2. The fourth-order valence-corrected chi connectivity index (χ4v) is 2.73. The highest BCUT2D eigenvalue weighted by Gasteiger charge is 2.54. The average Bonchev–Trinajstić information content (AvgIpc) is 2.38. The van der Waals surface area contributed by atoms with E-state index >= 15 is 0 Å². The number of carbonyl (C=O) groups excluding carboxylic acids is 2. The van der Waals surface area contributed by atoms with Crippen molar-refractivity contribution in [2.24, 2.45) is 5.92 Å². The molecule has 3 rings (SSSR count). The van der Waals surface area contributed by atoms with Crippen LogP contribution in [0.5, 0.6) is 0 Å². The zero-order chi connectivity index (χ0) is 14.0. The second kappa shape index (κ2) is 4.92. The minimum Gasteiger partial charge on any atom is -0.450 e. The monoisotopic (exact) mass is 264 g/mol. The Labute approximate surface area is 111 Å². The van der Waals surface area contributed by atoms with Crippen LogP contribution in [0.2, 0.25) is 0 Å². The van der Waals surface area contributed by atoms with Gasteiger partial charge in [-0.2, -0.15) is 5.26 Å². The first-order valence-corrected chi connectivity index (χ1v) is 6.25. The highest BCUT2D eigenvalue weighted by molar-refractivity contribution is 5.71. The van der Waals surface area contributed by atoms with E-state index in [0.717, 1.165) is 0 Å². The quantitative estimate of drug-likeness (QED) is 0.553. The minimum atomic E-state index is -1.30. The molecule has 2 bridgehead atoms. The molecule has 2 heterocycles. The topological polar surface area (TPSA) is 79.6 Å². The third-order valence-electron chi connectivity index (χ3n) is 3.39. The van der Waals surface area contributed by atoms with Crippen LogP contribution < -0.4 is 0 Å². The number of fused-ring (bicyclic) bond motifs is 2. The molecule has 0 saturated carbocycles. The zero-order valence-electron chi connectivity index (χ0n) is 11.0. The van der Waals surface area contributed by atoms with E-state index in [9.17, 15) is 14.9 Å². The molecular weight excluding hydrogens is 248 g/mol. The van der Waals surface area contributed by atoms with E-state index in [1.807, 2.05) is 6.08 Å². The van der Waals surface area contributed by atoms with Crippen LogP contribution in [0.4, 0.5) is 4.79 Å². The second-order valence-corrected chi connectivity index (χ2v) is 4.74. The third kappa shape index (κ3) is 2.28. The summed E-state index contributed by atoms with van der Waals surface area (Å²) in [6.45, 7) is 3.74. The molecule has 1 aliphatic carbocycles. The fraction of sp³-hybridized carbons (Fsp3) is 0.615. The first-order valence-electron chi connectivity index (χ1n) is 6.25. The Kier molecular flexibility index (Phi) is 3.47. The number of nitrogens with zero attached hydrogens (tertiary/aromatic N) is 2. The van der Waals surface area contributed by atoms with Crippen molar-refractivity contribution in [2.75, 3.05) is 13.2 Å². The summed E-state index contributed by atoms with van der Waals surface area (Å²) in [5.41, 5.74) is -1.30. The van der Waals surface area contributed by atoms with Gasteiger partial charge in [-0.3, -0.25) is 9.69 Å². The standard InChI is InChI=1S/C13H16N2O4/c1-3-18-12(17)15-7-10-4-5-11(15)13(6-10,8-14)19-9(2)16/h4-5,10-11H,3,6-7H2,1-2H3/t10-,11+,13-/m0/s1. The van der Waals surface area contributed by atoms with Crippen molar-refractivity contribution in [3.05, 3.63) is 12.2 Å². The Morgan fingerprint density at radius 1 is 1.53 bits per heavy atom. The number of carbonyl (C=O) groups is 2. The zero-order valence-corrected chi connectivity index (χ0v) is 11.0. The molecule has 1 fully saturated rings. The molecule has 102 valence electrons. The lowest BCUT2D eigenvalue weighted by Crippen LogP contribution is -2.63. The van der Waals surface area contributed by atoms with Gasteiger partial charge in [0.15, 0.2) is 0 Å². The number of hydrogen-bond donors (Lipinski definition) is 0. The summed E-state index contributed by atoms with van der Waals surface area (Å²) in [5, 5.41) is 9.40. The lowest BCUT2D eigenvalue weighted by Gasteiger charge is -2.48. The molecule has 6 heteroatoms. The van der Waals surface area contributed by atoms with Gasteiger partial charge in [0.1, 0.15) is 12.1 Å². The lowest BCUT2D eigenvalue weighted by atomic mass is 9.75. The molecule has 1 amide bonds. The average molecular weight is 264 g/mol. The van der Waals surface area contributed by atoms with E-state index in [0.29, 0.717) is 13.0 Å². The maximum absolute atomic E-state index is 11.9. The maximum Gasteiger partial charge on any atom is 0.410 e. The fourth-order valence-electron chi connectivity index (χ4n) is 2.73. The smallest absolute Gasteiger partial charge is 0.410 e. The molecule has 0 spiro atoms. The van der Waals surface area contributed by atoms with E-state index in [2.05, 4.69) is 6.07 Å². The van der Waals surface area contributed by atoms with Crippen molar-refractivity contribution >= 4 is 12.1 Å². The molecule has 0 aromatic heterocycles. The van der Waals surface area contributed by atoms with Gasteiger partial charge in [0.25, 0.3) is 0 Å². The Balaban J connectivity index is 2.29. The molecule has 0 aromatic rings. The lowest BCUT2D eigenvalue weighted by molar-refractivity contribution is -0.161. The first kappa shape index (κ1) is 13.4. The van der Waals surface area contributed by atoms with Gasteiger partial charge in [-0.05, 0) is 12.8 Å². The van der Waals surface area contributed by atoms with Crippen molar-refractivity contribution in [2.45, 2.75) is 31.9 Å². The van der Waals surface area contributed by atoms with Crippen LogP contribution in [0.3, 0.4) is 0 Å². The molecule has 0 aromatic carbocycles. The van der Waals surface area contributed by atoms with E-state index in [-0.39, 0.29) is 12.5 Å². The molecule has 0 radical (unpaired) electrons. The molecule has 0 N–H and O–H groups in total. The van der Waals surface area contributed by atoms with Crippen LogP contribution in [0, 0.1) is 17.2 Å². The summed E-state index contributed by atoms with van der Waals surface area (Å²) >= 11 is 0. The Bertz CT molecular complexity index is 468. The predicted molar refractivity (Wildman–Crippen MR) is 64.9 cm³/mol. The Morgan fingerprint density at radius 3 is 2.79 bits per heavy atom. The maximum atomic E-state index is 11.9. The van der Waals surface area contributed by atoms with Crippen molar-refractivity contribution in [1.82, 2.24) is 4.90 Å². The van der Waals surface area contributed by atoms with Gasteiger partial charge in [0.2, 0.25) is 5.60 Å². The normalized spacial score (nSPS) is 31.7. The van der Waals surface area contributed by atoms with Gasteiger partial charge < -0.3 is 9.47 Å². The summed E-state index contributed by atoms with van der Waals surface area (Å²) in [5.74, 6) is -0.514. The van der Waals surface area contributed by atoms with E-state index in [1.54, 1.807) is 13.0 Å². The molecule has 2 aliphatic heterocycles. The van der Waals surface area contributed by atoms with Crippen molar-refractivity contribution < 1.29 is 19.1 Å². The number of nitriles is 1. The number of esters is 1. The number of amides is 1. The molecule has 3 aliphatic rings. The highest BCUT2D eigenvalue weighted by Crippen LogP contribution is 2.40. The summed E-state index contributed by atoms with van der Waals surface area (Å²) < 4.78 is 10.2. The van der Waals surface area contributed by atoms with Gasteiger partial charge in [0, 0.05) is 19.9 Å². The third-order valence-corrected chi connectivity index (χ3v) is 3.39. The van der Waals surface area contributed by atoms with Gasteiger partial charge >= 0.3 is 12.1 Å². The van der Waals surface area contributed by atoms with Gasteiger partial charge in [-0.25, -0.2) is 4.79 Å². The van der Waals surface area contributed by atoms with Crippen LogP contribution in [0.25, 0.3) is 0 Å². The van der Waals surface area contributed by atoms with Crippen molar-refractivity contribution in [1.29, 1.82) is 5.26 Å². The molecule has 3 atom stereocenters. The van der Waals surface area contributed by atoms with Crippen molar-refractivity contribution in [3.8, 4) is 6.07 Å². The molecule has 6 nitrogen and oxygen atoms in total. The van der Waals surface area contributed by atoms with Crippen LogP contribution in [0.15, 0.2) is 12.2 Å². The van der Waals surface area contributed by atoms with Gasteiger partial charge in [-0.15, -0.1) is 0 Å². The molecule has 0 unspecified atom stereocenters. The van der Waals surface area contributed by atoms with Gasteiger partial charge in [0.05, 0.1) is 6.61 Å². The summed E-state index contributed by atoms with van der Waals surface area (Å²) in [6, 6.07) is 1.49. The highest BCUT2D eigenvalue weighted by atomic mass is 16.6. The summed E-state index contributed by atoms with van der Waals surface area (Å²) in [7, 11) is 0. The largest absolute Gasteiger partial charge is 0.450 e. The van der Waals surface area contributed by atoms with Gasteiger partial charge in [-0.1, -0.05) is 12.2 Å². The molecular formula is C13H16N2O4. The Morgan fingerprint density at radius 2 is 2.26 bits per heavy atom. The summed E-state index contributed by atoms with van der Waals surface area (Å²) in [6.07, 6.45) is 3.65. The predicted octanol–water partition coefficient (Wildman–Crippen LogP) is 1.23. The number of ether oxygens (including phenoxy) is 2. The second-order valence-electron chi connectivity index (χ2n) is 4.74. The van der Waals surface area contributed by atoms with E-state index in [1.165, 1.54) is 11.8 Å². The number of hydrogen-bond acceptors (Lipinski definition) is 5. The van der Waals surface area contributed by atoms with Crippen molar-refractivity contribution in [3.63, 3.8) is 0 Å². The Hall–Kier alpha value is -2.03.